The molecule has 5 nitrogen and oxygen atoms in total. The third kappa shape index (κ3) is 3.92. The highest BCUT2D eigenvalue weighted by molar-refractivity contribution is 5.95. The zero-order chi connectivity index (χ0) is 18.6. The highest BCUT2D eigenvalue weighted by Crippen LogP contribution is 2.26. The Morgan fingerprint density at radius 1 is 1.11 bits per heavy atom. The van der Waals surface area contributed by atoms with Gasteiger partial charge in [0.2, 0.25) is 5.91 Å². The van der Waals surface area contributed by atoms with Gasteiger partial charge in [-0.05, 0) is 55.7 Å². The van der Waals surface area contributed by atoms with E-state index < -0.39 is 0 Å². The molecule has 0 bridgehead atoms. The lowest BCUT2D eigenvalue weighted by atomic mass is 10.1. The van der Waals surface area contributed by atoms with E-state index in [0.29, 0.717) is 0 Å². The highest BCUT2D eigenvalue weighted by atomic mass is 16.5. The van der Waals surface area contributed by atoms with Crippen molar-refractivity contribution >= 4 is 28.3 Å². The summed E-state index contributed by atoms with van der Waals surface area (Å²) in [6.07, 6.45) is 5.74. The second-order valence-corrected chi connectivity index (χ2v) is 6.94. The van der Waals surface area contributed by atoms with Crippen LogP contribution in [0.3, 0.4) is 0 Å². The van der Waals surface area contributed by atoms with E-state index in [1.165, 1.54) is 24.9 Å². The molecule has 4 rings (SSSR count). The molecule has 1 aromatic heterocycles. The monoisotopic (exact) mass is 364 g/mol. The predicted octanol–water partition coefficient (Wildman–Crippen LogP) is 4.61. The molecule has 5 heteroatoms. The fraction of sp³-hybridized carbons (Fsp3) is 0.318. The van der Waals surface area contributed by atoms with Crippen LogP contribution in [0.2, 0.25) is 0 Å². The molecular formula is C22H24N2O3. The van der Waals surface area contributed by atoms with E-state index in [1.54, 1.807) is 13.4 Å². The number of carbonyl (C=O) groups excluding carboxylic acids is 1. The van der Waals surface area contributed by atoms with Crippen LogP contribution >= 0.6 is 0 Å². The van der Waals surface area contributed by atoms with Crippen molar-refractivity contribution < 1.29 is 13.9 Å². The lowest BCUT2D eigenvalue weighted by Crippen LogP contribution is -2.29. The average Bonchev–Trinajstić information content (AvgIpc) is 3.11. The number of piperidine rings is 1. The Morgan fingerprint density at radius 3 is 2.63 bits per heavy atom. The van der Waals surface area contributed by atoms with Crippen LogP contribution in [-0.2, 0) is 11.2 Å². The lowest BCUT2D eigenvalue weighted by molar-refractivity contribution is -0.115. The number of benzene rings is 2. The van der Waals surface area contributed by atoms with Gasteiger partial charge in [0.25, 0.3) is 0 Å². The first-order valence-electron chi connectivity index (χ1n) is 9.42. The first-order chi connectivity index (χ1) is 13.2. The van der Waals surface area contributed by atoms with Crippen molar-refractivity contribution in [2.45, 2.75) is 25.7 Å². The number of carbonyl (C=O) groups is 1. The molecule has 1 amide bonds. The maximum atomic E-state index is 12.4. The second-order valence-electron chi connectivity index (χ2n) is 6.94. The number of nitrogens with zero attached hydrogens (tertiary/aromatic N) is 1. The fourth-order valence-corrected chi connectivity index (χ4v) is 3.61. The van der Waals surface area contributed by atoms with Gasteiger partial charge >= 0.3 is 0 Å². The Labute approximate surface area is 158 Å². The number of hydrogen-bond donors (Lipinski definition) is 1. The Balaban J connectivity index is 1.40. The van der Waals surface area contributed by atoms with Crippen LogP contribution in [-0.4, -0.2) is 26.1 Å². The molecule has 0 radical (unpaired) electrons. The van der Waals surface area contributed by atoms with Crippen LogP contribution in [0, 0.1) is 0 Å². The van der Waals surface area contributed by atoms with Crippen molar-refractivity contribution in [2.75, 3.05) is 30.4 Å². The SMILES string of the molecule is COc1ccc2c(CC(=O)Nc3ccc(N4CCCCC4)cc3)coc2c1. The van der Waals surface area contributed by atoms with Gasteiger partial charge in [0.05, 0.1) is 19.8 Å². The maximum Gasteiger partial charge on any atom is 0.228 e. The van der Waals surface area contributed by atoms with Gasteiger partial charge in [-0.1, -0.05) is 0 Å². The summed E-state index contributed by atoms with van der Waals surface area (Å²) in [6, 6.07) is 13.7. The fourth-order valence-electron chi connectivity index (χ4n) is 3.61. The molecule has 1 aliphatic heterocycles. The zero-order valence-electron chi connectivity index (χ0n) is 15.5. The maximum absolute atomic E-state index is 12.4. The third-order valence-corrected chi connectivity index (χ3v) is 5.09. The van der Waals surface area contributed by atoms with E-state index in [9.17, 15) is 4.79 Å². The first kappa shape index (κ1) is 17.5. The molecule has 1 N–H and O–H groups in total. The Morgan fingerprint density at radius 2 is 1.89 bits per heavy atom. The molecule has 1 saturated heterocycles. The number of amides is 1. The van der Waals surface area contributed by atoms with Gasteiger partial charge < -0.3 is 19.4 Å². The molecule has 0 saturated carbocycles. The minimum absolute atomic E-state index is 0.0563. The molecule has 27 heavy (non-hydrogen) atoms. The van der Waals surface area contributed by atoms with Gasteiger partial charge in [-0.25, -0.2) is 0 Å². The predicted molar refractivity (Wildman–Crippen MR) is 108 cm³/mol. The smallest absolute Gasteiger partial charge is 0.228 e. The van der Waals surface area contributed by atoms with Crippen molar-refractivity contribution in [3.63, 3.8) is 0 Å². The standard InChI is InChI=1S/C22H24N2O3/c1-26-19-9-10-20-16(15-27-21(20)14-19)13-22(25)23-17-5-7-18(8-6-17)24-11-3-2-4-12-24/h5-10,14-15H,2-4,11-13H2,1H3,(H,23,25). The molecule has 0 spiro atoms. The molecule has 3 aromatic rings. The number of nitrogens with one attached hydrogen (secondary N) is 1. The molecule has 0 unspecified atom stereocenters. The molecule has 1 aliphatic rings. The molecule has 140 valence electrons. The average molecular weight is 364 g/mol. The summed E-state index contributed by atoms with van der Waals surface area (Å²) in [5.41, 5.74) is 3.64. The summed E-state index contributed by atoms with van der Waals surface area (Å²) in [4.78, 5) is 14.8. The van der Waals surface area contributed by atoms with Crippen molar-refractivity contribution in [1.29, 1.82) is 0 Å². The number of rotatable bonds is 5. The third-order valence-electron chi connectivity index (χ3n) is 5.09. The van der Waals surface area contributed by atoms with E-state index in [-0.39, 0.29) is 12.3 Å². The van der Waals surface area contributed by atoms with Gasteiger partial charge in [0, 0.05) is 41.5 Å². The zero-order valence-corrected chi connectivity index (χ0v) is 15.5. The van der Waals surface area contributed by atoms with E-state index in [0.717, 1.165) is 41.1 Å². The highest BCUT2D eigenvalue weighted by Gasteiger charge is 2.13. The number of methoxy groups -OCH3 is 1. The molecule has 2 heterocycles. The quantitative estimate of drug-likeness (QED) is 0.718. The minimum atomic E-state index is -0.0563. The van der Waals surface area contributed by atoms with Crippen LogP contribution < -0.4 is 15.0 Å². The topological polar surface area (TPSA) is 54.7 Å². The summed E-state index contributed by atoms with van der Waals surface area (Å²) in [5, 5.41) is 3.91. The van der Waals surface area contributed by atoms with Crippen molar-refractivity contribution in [3.8, 4) is 5.75 Å². The molecule has 0 aliphatic carbocycles. The largest absolute Gasteiger partial charge is 0.497 e. The Kier molecular flexibility index (Phi) is 5.01. The summed E-state index contributed by atoms with van der Waals surface area (Å²) in [7, 11) is 1.62. The Hall–Kier alpha value is -2.95. The first-order valence-corrected chi connectivity index (χ1v) is 9.42. The van der Waals surface area contributed by atoms with Gasteiger partial charge in [0.15, 0.2) is 0 Å². The van der Waals surface area contributed by atoms with Crippen LogP contribution in [0.15, 0.2) is 53.1 Å². The number of ether oxygens (including phenoxy) is 1. The van der Waals surface area contributed by atoms with Gasteiger partial charge in [0.1, 0.15) is 11.3 Å². The Bertz CT molecular complexity index is 924. The van der Waals surface area contributed by atoms with E-state index in [1.807, 2.05) is 30.3 Å². The van der Waals surface area contributed by atoms with Gasteiger partial charge in [-0.3, -0.25) is 4.79 Å². The number of anilines is 2. The normalized spacial score (nSPS) is 14.3. The van der Waals surface area contributed by atoms with Gasteiger partial charge in [-0.15, -0.1) is 0 Å². The number of furan rings is 1. The van der Waals surface area contributed by atoms with Crippen molar-refractivity contribution in [2.24, 2.45) is 0 Å². The van der Waals surface area contributed by atoms with Crippen LogP contribution in [0.4, 0.5) is 11.4 Å². The summed E-state index contributed by atoms with van der Waals surface area (Å²) in [5.74, 6) is 0.681. The summed E-state index contributed by atoms with van der Waals surface area (Å²) >= 11 is 0. The van der Waals surface area contributed by atoms with E-state index in [2.05, 4.69) is 22.3 Å². The van der Waals surface area contributed by atoms with Crippen molar-refractivity contribution in [1.82, 2.24) is 0 Å². The number of fused-ring (bicyclic) bond motifs is 1. The van der Waals surface area contributed by atoms with Crippen LogP contribution in [0.1, 0.15) is 24.8 Å². The van der Waals surface area contributed by atoms with Crippen LogP contribution in [0.25, 0.3) is 11.0 Å². The molecule has 0 atom stereocenters. The minimum Gasteiger partial charge on any atom is -0.497 e. The van der Waals surface area contributed by atoms with Crippen LogP contribution in [0.5, 0.6) is 5.75 Å². The van der Waals surface area contributed by atoms with Crippen molar-refractivity contribution in [3.05, 3.63) is 54.3 Å². The summed E-state index contributed by atoms with van der Waals surface area (Å²) in [6.45, 7) is 2.23. The van der Waals surface area contributed by atoms with Gasteiger partial charge in [-0.2, -0.15) is 0 Å². The number of hydrogen-bond acceptors (Lipinski definition) is 4. The summed E-state index contributed by atoms with van der Waals surface area (Å²) < 4.78 is 10.8. The lowest BCUT2D eigenvalue weighted by Gasteiger charge is -2.28. The molecule has 2 aromatic carbocycles. The molecule has 1 fully saturated rings. The molecular weight excluding hydrogens is 340 g/mol. The van der Waals surface area contributed by atoms with E-state index >= 15 is 0 Å². The van der Waals surface area contributed by atoms with E-state index in [4.69, 9.17) is 9.15 Å². The second kappa shape index (κ2) is 7.74.